The van der Waals surface area contributed by atoms with Gasteiger partial charge in [0.1, 0.15) is 6.04 Å². The van der Waals surface area contributed by atoms with Crippen LogP contribution in [-0.4, -0.2) is 39.5 Å². The Hall–Kier alpha value is -1.91. The lowest BCUT2D eigenvalue weighted by atomic mass is 10.0. The molecule has 0 bridgehead atoms. The second kappa shape index (κ2) is 6.31. The maximum absolute atomic E-state index is 12.1. The molecule has 0 saturated carbocycles. The summed E-state index contributed by atoms with van der Waals surface area (Å²) in [7, 11) is 0. The second-order valence-electron chi connectivity index (χ2n) is 4.79. The van der Waals surface area contributed by atoms with Crippen LogP contribution in [0.4, 0.5) is 0 Å². The van der Waals surface area contributed by atoms with Gasteiger partial charge in [-0.05, 0) is 43.4 Å². The third-order valence-corrected chi connectivity index (χ3v) is 3.49. The van der Waals surface area contributed by atoms with Gasteiger partial charge < -0.3 is 10.0 Å². The van der Waals surface area contributed by atoms with Crippen LogP contribution in [0.25, 0.3) is 0 Å². The van der Waals surface area contributed by atoms with Crippen LogP contribution >= 0.6 is 0 Å². The first-order valence-electron chi connectivity index (χ1n) is 6.59. The monoisotopic (exact) mass is 262 g/mol. The molecule has 1 aromatic heterocycles. The molecule has 1 saturated heterocycles. The SMILES string of the molecule is O=C(O)[C@H]1CCCCN1C(=O)CCc1ccncc1. The summed E-state index contributed by atoms with van der Waals surface area (Å²) in [4.78, 5) is 28.7. The molecule has 0 spiro atoms. The highest BCUT2D eigenvalue weighted by Crippen LogP contribution is 2.18. The number of nitrogens with zero attached hydrogens (tertiary/aromatic N) is 2. The number of hydrogen-bond donors (Lipinski definition) is 1. The Balaban J connectivity index is 1.93. The van der Waals surface area contributed by atoms with E-state index >= 15 is 0 Å². The number of aryl methyl sites for hydroxylation is 1. The van der Waals surface area contributed by atoms with Crippen LogP contribution in [-0.2, 0) is 16.0 Å². The molecular formula is C14H18N2O3. The number of carboxylic acids is 1. The van der Waals surface area contributed by atoms with Gasteiger partial charge in [0.2, 0.25) is 5.91 Å². The van der Waals surface area contributed by atoms with Crippen LogP contribution in [0, 0.1) is 0 Å². The van der Waals surface area contributed by atoms with Gasteiger partial charge >= 0.3 is 5.97 Å². The molecule has 0 radical (unpaired) electrons. The molecular weight excluding hydrogens is 244 g/mol. The Morgan fingerprint density at radius 1 is 1.32 bits per heavy atom. The van der Waals surface area contributed by atoms with E-state index in [9.17, 15) is 9.59 Å². The summed E-state index contributed by atoms with van der Waals surface area (Å²) in [5, 5.41) is 9.14. The smallest absolute Gasteiger partial charge is 0.326 e. The first-order chi connectivity index (χ1) is 9.18. The van der Waals surface area contributed by atoms with Crippen molar-refractivity contribution in [2.75, 3.05) is 6.54 Å². The van der Waals surface area contributed by atoms with Crippen molar-refractivity contribution in [3.05, 3.63) is 30.1 Å². The summed E-state index contributed by atoms with van der Waals surface area (Å²) >= 11 is 0. The quantitative estimate of drug-likeness (QED) is 0.892. The molecule has 1 atom stereocenters. The van der Waals surface area contributed by atoms with E-state index in [0.29, 0.717) is 25.8 Å². The van der Waals surface area contributed by atoms with E-state index in [-0.39, 0.29) is 5.91 Å². The van der Waals surface area contributed by atoms with Crippen molar-refractivity contribution >= 4 is 11.9 Å². The summed E-state index contributed by atoms with van der Waals surface area (Å²) in [6, 6.07) is 3.11. The van der Waals surface area contributed by atoms with E-state index in [4.69, 9.17) is 5.11 Å². The number of pyridine rings is 1. The van der Waals surface area contributed by atoms with Crippen molar-refractivity contribution in [2.24, 2.45) is 0 Å². The summed E-state index contributed by atoms with van der Waals surface area (Å²) in [5.41, 5.74) is 1.05. The van der Waals surface area contributed by atoms with E-state index in [2.05, 4.69) is 4.98 Å². The summed E-state index contributed by atoms with van der Waals surface area (Å²) in [5.74, 6) is -0.958. The lowest BCUT2D eigenvalue weighted by molar-refractivity contribution is -0.152. The first kappa shape index (κ1) is 13.5. The molecule has 102 valence electrons. The first-order valence-corrected chi connectivity index (χ1v) is 6.59. The Morgan fingerprint density at radius 2 is 2.05 bits per heavy atom. The molecule has 1 aliphatic rings. The zero-order valence-corrected chi connectivity index (χ0v) is 10.8. The van der Waals surface area contributed by atoms with Crippen molar-refractivity contribution in [1.82, 2.24) is 9.88 Å². The van der Waals surface area contributed by atoms with Crippen molar-refractivity contribution in [2.45, 2.75) is 38.1 Å². The fraction of sp³-hybridized carbons (Fsp3) is 0.500. The molecule has 1 aromatic rings. The minimum atomic E-state index is -0.892. The highest BCUT2D eigenvalue weighted by molar-refractivity contribution is 5.84. The third kappa shape index (κ3) is 3.53. The van der Waals surface area contributed by atoms with Gasteiger partial charge in [-0.2, -0.15) is 0 Å². The molecule has 0 aromatic carbocycles. The van der Waals surface area contributed by atoms with E-state index in [1.165, 1.54) is 4.90 Å². The molecule has 5 nitrogen and oxygen atoms in total. The van der Waals surface area contributed by atoms with Gasteiger partial charge in [-0.3, -0.25) is 9.78 Å². The Labute approximate surface area is 112 Å². The van der Waals surface area contributed by atoms with Gasteiger partial charge in [0.05, 0.1) is 0 Å². The average molecular weight is 262 g/mol. The molecule has 19 heavy (non-hydrogen) atoms. The highest BCUT2D eigenvalue weighted by atomic mass is 16.4. The van der Waals surface area contributed by atoms with Crippen molar-refractivity contribution in [3.63, 3.8) is 0 Å². The van der Waals surface area contributed by atoms with Crippen LogP contribution in [0.1, 0.15) is 31.2 Å². The van der Waals surface area contributed by atoms with Crippen LogP contribution < -0.4 is 0 Å². The minimum Gasteiger partial charge on any atom is -0.480 e. The number of carbonyl (C=O) groups excluding carboxylic acids is 1. The largest absolute Gasteiger partial charge is 0.480 e. The van der Waals surface area contributed by atoms with E-state index in [1.54, 1.807) is 12.4 Å². The number of hydrogen-bond acceptors (Lipinski definition) is 3. The number of carbonyl (C=O) groups is 2. The molecule has 2 heterocycles. The number of rotatable bonds is 4. The zero-order chi connectivity index (χ0) is 13.7. The van der Waals surface area contributed by atoms with Gasteiger partial charge in [-0.25, -0.2) is 4.79 Å². The number of piperidine rings is 1. The summed E-state index contributed by atoms with van der Waals surface area (Å²) < 4.78 is 0. The molecule has 2 rings (SSSR count). The van der Waals surface area contributed by atoms with Gasteiger partial charge in [-0.1, -0.05) is 0 Å². The molecule has 5 heteroatoms. The topological polar surface area (TPSA) is 70.5 Å². The number of aliphatic carboxylic acids is 1. The van der Waals surface area contributed by atoms with Gasteiger partial charge in [-0.15, -0.1) is 0 Å². The zero-order valence-electron chi connectivity index (χ0n) is 10.8. The Bertz CT molecular complexity index is 447. The fourth-order valence-corrected chi connectivity index (χ4v) is 2.43. The predicted octanol–water partition coefficient (Wildman–Crippen LogP) is 1.48. The third-order valence-electron chi connectivity index (χ3n) is 3.49. The van der Waals surface area contributed by atoms with Gasteiger partial charge in [0.15, 0.2) is 0 Å². The van der Waals surface area contributed by atoms with Crippen LogP contribution in [0.2, 0.25) is 0 Å². The second-order valence-corrected chi connectivity index (χ2v) is 4.79. The number of aromatic nitrogens is 1. The highest BCUT2D eigenvalue weighted by Gasteiger charge is 2.31. The van der Waals surface area contributed by atoms with Crippen molar-refractivity contribution in [3.8, 4) is 0 Å². The van der Waals surface area contributed by atoms with Crippen molar-refractivity contribution in [1.29, 1.82) is 0 Å². The van der Waals surface area contributed by atoms with Crippen molar-refractivity contribution < 1.29 is 14.7 Å². The van der Waals surface area contributed by atoms with Gasteiger partial charge in [0, 0.05) is 25.4 Å². The molecule has 0 unspecified atom stereocenters. The van der Waals surface area contributed by atoms with Crippen LogP contribution in [0.5, 0.6) is 0 Å². The van der Waals surface area contributed by atoms with E-state index in [0.717, 1.165) is 18.4 Å². The predicted molar refractivity (Wildman–Crippen MR) is 69.5 cm³/mol. The van der Waals surface area contributed by atoms with E-state index < -0.39 is 12.0 Å². The lowest BCUT2D eigenvalue weighted by Crippen LogP contribution is -2.48. The Morgan fingerprint density at radius 3 is 2.74 bits per heavy atom. The molecule has 1 amide bonds. The standard InChI is InChI=1S/C14H18N2O3/c17-13(5-4-11-6-8-15-9-7-11)16-10-2-1-3-12(16)14(18)19/h6-9,12H,1-5,10H2,(H,18,19)/t12-/m1/s1. The maximum Gasteiger partial charge on any atom is 0.326 e. The van der Waals surface area contributed by atoms with E-state index in [1.807, 2.05) is 12.1 Å². The number of carboxylic acid groups (broad SMARTS) is 1. The van der Waals surface area contributed by atoms with Crippen LogP contribution in [0.3, 0.4) is 0 Å². The summed E-state index contributed by atoms with van der Waals surface area (Å²) in [6.07, 6.45) is 6.71. The minimum absolute atomic E-state index is 0.0658. The van der Waals surface area contributed by atoms with Crippen LogP contribution in [0.15, 0.2) is 24.5 Å². The average Bonchev–Trinajstić information content (AvgIpc) is 2.46. The number of likely N-dealkylation sites (tertiary alicyclic amines) is 1. The maximum atomic E-state index is 12.1. The lowest BCUT2D eigenvalue weighted by Gasteiger charge is -2.33. The molecule has 1 aliphatic heterocycles. The summed E-state index contributed by atoms with van der Waals surface area (Å²) in [6.45, 7) is 0.562. The number of amides is 1. The normalized spacial score (nSPS) is 19.2. The molecule has 0 aliphatic carbocycles. The molecule has 1 N–H and O–H groups in total. The molecule has 1 fully saturated rings. The Kier molecular flexibility index (Phi) is 4.49. The fourth-order valence-electron chi connectivity index (χ4n) is 2.43. The van der Waals surface area contributed by atoms with Gasteiger partial charge in [0.25, 0.3) is 0 Å².